The summed E-state index contributed by atoms with van der Waals surface area (Å²) in [5.74, 6) is 0.0637. The van der Waals surface area contributed by atoms with Crippen LogP contribution >= 0.6 is 11.6 Å². The highest BCUT2D eigenvalue weighted by Crippen LogP contribution is 2.34. The zero-order valence-corrected chi connectivity index (χ0v) is 20.8. The smallest absolute Gasteiger partial charge is 0.255 e. The van der Waals surface area contributed by atoms with Gasteiger partial charge >= 0.3 is 0 Å². The molecule has 0 radical (unpaired) electrons. The minimum absolute atomic E-state index is 0.0145. The van der Waals surface area contributed by atoms with E-state index < -0.39 is 11.7 Å². The maximum atomic E-state index is 13.8. The average Bonchev–Trinajstić information content (AvgIpc) is 3.37. The molecule has 0 bridgehead atoms. The first-order valence-electron chi connectivity index (χ1n) is 12.2. The number of fused-ring (bicyclic) bond motifs is 1. The lowest BCUT2D eigenvalue weighted by Crippen LogP contribution is -2.43. The lowest BCUT2D eigenvalue weighted by molar-refractivity contribution is 0.0606. The fourth-order valence-corrected chi connectivity index (χ4v) is 4.94. The molecule has 3 aromatic carbocycles. The van der Waals surface area contributed by atoms with Gasteiger partial charge in [0, 0.05) is 40.5 Å². The van der Waals surface area contributed by atoms with E-state index in [9.17, 15) is 14.0 Å². The highest BCUT2D eigenvalue weighted by molar-refractivity contribution is 6.31. The Morgan fingerprint density at radius 1 is 0.973 bits per heavy atom. The summed E-state index contributed by atoms with van der Waals surface area (Å²) in [6.07, 6.45) is 3.22. The Bertz CT molecular complexity index is 1330. The molecule has 1 saturated carbocycles. The third-order valence-corrected chi connectivity index (χ3v) is 7.16. The summed E-state index contributed by atoms with van der Waals surface area (Å²) in [6, 6.07) is 15.8. The number of rotatable bonds is 6. The van der Waals surface area contributed by atoms with Crippen molar-refractivity contribution < 1.29 is 23.5 Å². The Balaban J connectivity index is 1.40. The molecule has 1 aliphatic heterocycles. The van der Waals surface area contributed by atoms with Crippen LogP contribution in [0.25, 0.3) is 0 Å². The number of ether oxygens (including phenoxy) is 2. The number of hydrogen-bond acceptors (Lipinski definition) is 5. The van der Waals surface area contributed by atoms with E-state index in [2.05, 4.69) is 5.32 Å². The quantitative estimate of drug-likeness (QED) is 0.453. The van der Waals surface area contributed by atoms with E-state index in [0.717, 1.165) is 25.7 Å². The van der Waals surface area contributed by atoms with E-state index in [1.165, 1.54) is 24.3 Å². The molecule has 0 saturated heterocycles. The van der Waals surface area contributed by atoms with Crippen molar-refractivity contribution in [2.24, 2.45) is 5.73 Å². The molecule has 192 valence electrons. The van der Waals surface area contributed by atoms with Crippen molar-refractivity contribution in [3.05, 3.63) is 88.2 Å². The van der Waals surface area contributed by atoms with Crippen molar-refractivity contribution in [2.75, 3.05) is 12.1 Å². The van der Waals surface area contributed by atoms with Gasteiger partial charge in [-0.15, -0.1) is 0 Å². The standard InChI is InChI=1S/C28H27ClFN3O4/c29-24-10-7-22(32-27(34)17-2-1-3-20(30)12-17)13-19(24)15-33(23-8-5-21(31)6-9-23)28(35)18-4-11-25-26(14-18)37-16-36-25/h1-4,7,10-14,21,23H,5-6,8-9,15-16,31H2,(H,32,34). The molecular formula is C28H27ClFN3O4. The Hall–Kier alpha value is -3.62. The van der Waals surface area contributed by atoms with Crippen molar-refractivity contribution in [3.8, 4) is 11.5 Å². The highest BCUT2D eigenvalue weighted by atomic mass is 35.5. The monoisotopic (exact) mass is 523 g/mol. The van der Waals surface area contributed by atoms with Crippen LogP contribution in [0.3, 0.4) is 0 Å². The van der Waals surface area contributed by atoms with Crippen molar-refractivity contribution in [3.63, 3.8) is 0 Å². The van der Waals surface area contributed by atoms with Gasteiger partial charge < -0.3 is 25.4 Å². The molecule has 0 atom stereocenters. The third-order valence-electron chi connectivity index (χ3n) is 6.79. The number of anilines is 1. The van der Waals surface area contributed by atoms with Crippen LogP contribution in [0.1, 0.15) is 52.0 Å². The third kappa shape index (κ3) is 5.70. The first-order valence-corrected chi connectivity index (χ1v) is 12.6. The second-order valence-corrected chi connectivity index (χ2v) is 9.75. The molecule has 1 aliphatic carbocycles. The van der Waals surface area contributed by atoms with Crippen LogP contribution in [-0.2, 0) is 6.54 Å². The first-order chi connectivity index (χ1) is 17.9. The Kier molecular flexibility index (Phi) is 7.30. The zero-order chi connectivity index (χ0) is 25.9. The number of hydrogen-bond donors (Lipinski definition) is 2. The zero-order valence-electron chi connectivity index (χ0n) is 20.1. The predicted octanol–water partition coefficient (Wildman–Crippen LogP) is 5.37. The fraction of sp³-hybridized carbons (Fsp3) is 0.286. The SMILES string of the molecule is NC1CCC(N(Cc2cc(NC(=O)c3cccc(F)c3)ccc2Cl)C(=O)c2ccc3c(c2)OCO3)CC1. The second-order valence-electron chi connectivity index (χ2n) is 9.34. The molecule has 1 heterocycles. The van der Waals surface area contributed by atoms with Gasteiger partial charge in [-0.25, -0.2) is 4.39 Å². The molecule has 0 unspecified atom stereocenters. The molecule has 2 aliphatic rings. The molecule has 9 heteroatoms. The van der Waals surface area contributed by atoms with E-state index in [1.54, 1.807) is 36.4 Å². The number of amides is 2. The van der Waals surface area contributed by atoms with Crippen LogP contribution in [-0.4, -0.2) is 35.6 Å². The van der Waals surface area contributed by atoms with Gasteiger partial charge in [0.15, 0.2) is 11.5 Å². The largest absolute Gasteiger partial charge is 0.454 e. The number of carbonyl (C=O) groups excluding carboxylic acids is 2. The van der Waals surface area contributed by atoms with Crippen molar-refractivity contribution in [2.45, 2.75) is 44.3 Å². The summed E-state index contributed by atoms with van der Waals surface area (Å²) in [5, 5.41) is 3.26. The van der Waals surface area contributed by atoms with Gasteiger partial charge in [-0.3, -0.25) is 9.59 Å². The Labute approximate surface area is 219 Å². The molecule has 1 fully saturated rings. The van der Waals surface area contributed by atoms with Crippen molar-refractivity contribution in [1.29, 1.82) is 0 Å². The van der Waals surface area contributed by atoms with E-state index in [1.807, 2.05) is 4.90 Å². The number of nitrogens with one attached hydrogen (secondary N) is 1. The Morgan fingerprint density at radius 2 is 1.76 bits per heavy atom. The Morgan fingerprint density at radius 3 is 2.54 bits per heavy atom. The van der Waals surface area contributed by atoms with Gasteiger partial charge in [0.1, 0.15) is 5.82 Å². The topological polar surface area (TPSA) is 93.9 Å². The van der Waals surface area contributed by atoms with Gasteiger partial charge in [-0.1, -0.05) is 17.7 Å². The van der Waals surface area contributed by atoms with Gasteiger partial charge in [-0.2, -0.15) is 0 Å². The lowest BCUT2D eigenvalue weighted by atomic mass is 9.90. The second kappa shape index (κ2) is 10.8. The number of benzene rings is 3. The molecular weight excluding hydrogens is 497 g/mol. The summed E-state index contributed by atoms with van der Waals surface area (Å²) in [4.78, 5) is 28.2. The average molecular weight is 524 g/mol. The van der Waals surface area contributed by atoms with Crippen molar-refractivity contribution in [1.82, 2.24) is 4.90 Å². The maximum Gasteiger partial charge on any atom is 0.255 e. The number of nitrogens with two attached hydrogens (primary N) is 1. The van der Waals surface area contributed by atoms with Crippen LogP contribution < -0.4 is 20.5 Å². The molecule has 5 rings (SSSR count). The predicted molar refractivity (Wildman–Crippen MR) is 138 cm³/mol. The number of nitrogens with zero attached hydrogens (tertiary/aromatic N) is 1. The van der Waals surface area contributed by atoms with Gasteiger partial charge in [0.2, 0.25) is 6.79 Å². The molecule has 7 nitrogen and oxygen atoms in total. The van der Waals surface area contributed by atoms with Crippen LogP contribution in [0.15, 0.2) is 60.7 Å². The maximum absolute atomic E-state index is 13.8. The number of halogens is 2. The summed E-state index contributed by atoms with van der Waals surface area (Å²) in [7, 11) is 0. The van der Waals surface area contributed by atoms with Crippen LogP contribution in [0.5, 0.6) is 11.5 Å². The summed E-state index contributed by atoms with van der Waals surface area (Å²) in [6.45, 7) is 0.372. The normalized spacial score (nSPS) is 18.4. The minimum Gasteiger partial charge on any atom is -0.454 e. The summed E-state index contributed by atoms with van der Waals surface area (Å²) >= 11 is 6.55. The molecule has 37 heavy (non-hydrogen) atoms. The van der Waals surface area contributed by atoms with Crippen LogP contribution in [0.4, 0.5) is 10.1 Å². The lowest BCUT2D eigenvalue weighted by Gasteiger charge is -2.36. The minimum atomic E-state index is -0.491. The van der Waals surface area contributed by atoms with E-state index in [-0.39, 0.29) is 36.9 Å². The molecule has 2 amide bonds. The molecule has 0 aromatic heterocycles. The van der Waals surface area contributed by atoms with Crippen molar-refractivity contribution >= 4 is 29.1 Å². The van der Waals surface area contributed by atoms with E-state index in [0.29, 0.717) is 33.3 Å². The number of carbonyl (C=O) groups is 2. The first kappa shape index (κ1) is 25.0. The molecule has 0 spiro atoms. The van der Waals surface area contributed by atoms with Gasteiger partial charge in [0.25, 0.3) is 11.8 Å². The highest BCUT2D eigenvalue weighted by Gasteiger charge is 2.30. The van der Waals surface area contributed by atoms with E-state index >= 15 is 0 Å². The molecule has 3 aromatic rings. The summed E-state index contributed by atoms with van der Waals surface area (Å²) < 4.78 is 24.4. The van der Waals surface area contributed by atoms with E-state index in [4.69, 9.17) is 26.8 Å². The molecule has 3 N–H and O–H groups in total. The van der Waals surface area contributed by atoms with Gasteiger partial charge in [-0.05, 0) is 85.8 Å². The van der Waals surface area contributed by atoms with Crippen LogP contribution in [0.2, 0.25) is 5.02 Å². The fourth-order valence-electron chi connectivity index (χ4n) is 4.77. The van der Waals surface area contributed by atoms with Gasteiger partial charge in [0.05, 0.1) is 0 Å². The summed E-state index contributed by atoms with van der Waals surface area (Å²) in [5.41, 5.74) is 8.00. The van der Waals surface area contributed by atoms with Crippen LogP contribution in [0, 0.1) is 5.82 Å².